The van der Waals surface area contributed by atoms with Crippen molar-refractivity contribution in [3.05, 3.63) is 64.2 Å². The van der Waals surface area contributed by atoms with E-state index in [1.807, 2.05) is 0 Å². The van der Waals surface area contributed by atoms with E-state index < -0.39 is 0 Å². The maximum Gasteiger partial charge on any atom is 0.254 e. The highest BCUT2D eigenvalue weighted by Crippen LogP contribution is 2.28. The number of nitrogens with two attached hydrogens (primary N) is 1. The zero-order chi connectivity index (χ0) is 21.7. The Bertz CT molecular complexity index is 968. The second-order valence-electron chi connectivity index (χ2n) is 7.63. The first-order chi connectivity index (χ1) is 14.4. The van der Waals surface area contributed by atoms with Gasteiger partial charge in [0.2, 0.25) is 5.91 Å². The third-order valence-corrected chi connectivity index (χ3v) is 5.78. The van der Waals surface area contributed by atoms with Gasteiger partial charge in [0.1, 0.15) is 0 Å². The van der Waals surface area contributed by atoms with Gasteiger partial charge in [-0.2, -0.15) is 5.26 Å². The van der Waals surface area contributed by atoms with Crippen molar-refractivity contribution in [3.8, 4) is 6.07 Å². The molecule has 0 bridgehead atoms. The van der Waals surface area contributed by atoms with E-state index in [2.05, 4.69) is 11.4 Å². The summed E-state index contributed by atoms with van der Waals surface area (Å²) in [5.41, 5.74) is 8.77. The van der Waals surface area contributed by atoms with Gasteiger partial charge >= 0.3 is 0 Å². The lowest BCUT2D eigenvalue weighted by atomic mass is 9.89. The number of benzene rings is 2. The largest absolute Gasteiger partial charge is 0.330 e. The molecule has 2 aromatic carbocycles. The summed E-state index contributed by atoms with van der Waals surface area (Å²) in [6.45, 7) is 1.72. The van der Waals surface area contributed by atoms with E-state index in [-0.39, 0.29) is 30.4 Å². The molecule has 0 aliphatic heterocycles. The van der Waals surface area contributed by atoms with Crippen molar-refractivity contribution in [3.63, 3.8) is 0 Å². The van der Waals surface area contributed by atoms with Crippen molar-refractivity contribution in [1.29, 1.82) is 5.26 Å². The molecule has 3 rings (SSSR count). The van der Waals surface area contributed by atoms with Crippen molar-refractivity contribution in [2.45, 2.75) is 51.2 Å². The second-order valence-corrected chi connectivity index (χ2v) is 8.03. The summed E-state index contributed by atoms with van der Waals surface area (Å²) < 4.78 is 0. The van der Waals surface area contributed by atoms with Crippen LogP contribution in [0.4, 0.5) is 5.69 Å². The highest BCUT2D eigenvalue weighted by atomic mass is 35.5. The summed E-state index contributed by atoms with van der Waals surface area (Å²) in [5, 5.41) is 12.3. The topological polar surface area (TPSA) is 99.2 Å². The van der Waals surface area contributed by atoms with Crippen molar-refractivity contribution >= 4 is 29.1 Å². The molecule has 3 N–H and O–H groups in total. The molecule has 0 heterocycles. The maximum absolute atomic E-state index is 13.4. The number of amides is 2. The summed E-state index contributed by atoms with van der Waals surface area (Å²) >= 11 is 6.42. The molecule has 1 aliphatic rings. The second kappa shape index (κ2) is 9.75. The zero-order valence-corrected chi connectivity index (χ0v) is 17.7. The minimum Gasteiger partial charge on any atom is -0.330 e. The van der Waals surface area contributed by atoms with E-state index in [0.717, 1.165) is 31.2 Å². The predicted molar refractivity (Wildman–Crippen MR) is 117 cm³/mol. The lowest BCUT2D eigenvalue weighted by molar-refractivity contribution is -0.114. The molecule has 2 aromatic rings. The Balaban J connectivity index is 1.94. The number of nitrogens with zero attached hydrogens (tertiary/aromatic N) is 2. The highest BCUT2D eigenvalue weighted by molar-refractivity contribution is 6.31. The van der Waals surface area contributed by atoms with Crippen LogP contribution >= 0.6 is 11.6 Å². The van der Waals surface area contributed by atoms with E-state index in [1.54, 1.807) is 47.4 Å². The molecule has 156 valence electrons. The fourth-order valence-electron chi connectivity index (χ4n) is 3.88. The average molecular weight is 425 g/mol. The minimum atomic E-state index is -0.178. The molecule has 30 heavy (non-hydrogen) atoms. The third kappa shape index (κ3) is 5.18. The molecular weight excluding hydrogens is 400 g/mol. The lowest BCUT2D eigenvalue weighted by Crippen LogP contribution is -2.51. The smallest absolute Gasteiger partial charge is 0.254 e. The summed E-state index contributed by atoms with van der Waals surface area (Å²) in [6.07, 6.45) is 3.75. The Morgan fingerprint density at radius 1 is 1.20 bits per heavy atom. The molecule has 2 unspecified atom stereocenters. The van der Waals surface area contributed by atoms with Crippen molar-refractivity contribution in [2.24, 2.45) is 5.73 Å². The van der Waals surface area contributed by atoms with Gasteiger partial charge in [0.25, 0.3) is 5.91 Å². The molecule has 1 fully saturated rings. The Hall–Kier alpha value is -2.88. The maximum atomic E-state index is 13.4. The van der Waals surface area contributed by atoms with Crippen LogP contribution in [0.25, 0.3) is 0 Å². The van der Waals surface area contributed by atoms with Crippen LogP contribution in [0.5, 0.6) is 0 Å². The first kappa shape index (κ1) is 21.8. The number of nitriles is 1. The molecule has 7 heteroatoms. The SMILES string of the molecule is CC(=O)Nc1ccc(Cl)c(CN(C(=O)c2ccc(C#N)cc2)C2CCCCC2N)c1. The number of hydrogen-bond donors (Lipinski definition) is 2. The van der Waals surface area contributed by atoms with Gasteiger partial charge in [0, 0.05) is 41.8 Å². The van der Waals surface area contributed by atoms with E-state index in [1.165, 1.54) is 6.92 Å². The van der Waals surface area contributed by atoms with Crippen molar-refractivity contribution in [1.82, 2.24) is 4.90 Å². The molecule has 2 amide bonds. The Labute approximate surface area is 181 Å². The normalized spacial score (nSPS) is 18.3. The molecule has 0 aromatic heterocycles. The molecule has 0 spiro atoms. The summed E-state index contributed by atoms with van der Waals surface area (Å²) in [6, 6.07) is 13.7. The highest BCUT2D eigenvalue weighted by Gasteiger charge is 2.32. The van der Waals surface area contributed by atoms with Crippen LogP contribution in [-0.4, -0.2) is 28.8 Å². The van der Waals surface area contributed by atoms with Gasteiger partial charge in [-0.05, 0) is 60.9 Å². The Kier molecular flexibility index (Phi) is 7.09. The number of anilines is 1. The molecule has 0 saturated heterocycles. The zero-order valence-electron chi connectivity index (χ0n) is 16.9. The fourth-order valence-corrected chi connectivity index (χ4v) is 4.06. The molecule has 1 aliphatic carbocycles. The molecule has 0 radical (unpaired) electrons. The molecule has 6 nitrogen and oxygen atoms in total. The van der Waals surface area contributed by atoms with E-state index >= 15 is 0 Å². The van der Waals surface area contributed by atoms with Crippen LogP contribution in [0.2, 0.25) is 5.02 Å². The summed E-state index contributed by atoms with van der Waals surface area (Å²) in [7, 11) is 0. The van der Waals surface area contributed by atoms with Gasteiger partial charge in [0.15, 0.2) is 0 Å². The summed E-state index contributed by atoms with van der Waals surface area (Å²) in [5.74, 6) is -0.328. The van der Waals surface area contributed by atoms with Crippen LogP contribution in [0.1, 0.15) is 54.1 Å². The van der Waals surface area contributed by atoms with Crippen LogP contribution in [0.15, 0.2) is 42.5 Å². The number of halogens is 1. The fraction of sp³-hybridized carbons (Fsp3) is 0.348. The van der Waals surface area contributed by atoms with Crippen molar-refractivity contribution in [2.75, 3.05) is 5.32 Å². The number of carbonyl (C=O) groups is 2. The number of rotatable bonds is 5. The first-order valence-electron chi connectivity index (χ1n) is 10.0. The number of hydrogen-bond acceptors (Lipinski definition) is 4. The monoisotopic (exact) mass is 424 g/mol. The molecular formula is C23H25ClN4O2. The number of carbonyl (C=O) groups excluding carboxylic acids is 2. The first-order valence-corrected chi connectivity index (χ1v) is 10.4. The van der Waals surface area contributed by atoms with Gasteiger partial charge in [0.05, 0.1) is 11.6 Å². The van der Waals surface area contributed by atoms with Gasteiger partial charge in [-0.3, -0.25) is 9.59 Å². The van der Waals surface area contributed by atoms with Gasteiger partial charge in [-0.1, -0.05) is 24.4 Å². The van der Waals surface area contributed by atoms with E-state index in [4.69, 9.17) is 22.6 Å². The molecule has 2 atom stereocenters. The standard InChI is InChI=1S/C23H25ClN4O2/c1-15(29)27-19-10-11-20(24)18(12-19)14-28(22-5-3-2-4-21(22)26)23(30)17-8-6-16(13-25)7-9-17/h6-12,21-22H,2-5,14,26H2,1H3,(H,27,29). The minimum absolute atomic E-state index is 0.109. The van der Waals surface area contributed by atoms with Gasteiger partial charge in [-0.15, -0.1) is 0 Å². The quantitative estimate of drug-likeness (QED) is 0.755. The van der Waals surface area contributed by atoms with Gasteiger partial charge in [-0.25, -0.2) is 0 Å². The summed E-state index contributed by atoms with van der Waals surface area (Å²) in [4.78, 5) is 26.6. The van der Waals surface area contributed by atoms with Crippen LogP contribution in [-0.2, 0) is 11.3 Å². The Morgan fingerprint density at radius 2 is 1.90 bits per heavy atom. The van der Waals surface area contributed by atoms with E-state index in [0.29, 0.717) is 21.8 Å². The Morgan fingerprint density at radius 3 is 2.53 bits per heavy atom. The average Bonchev–Trinajstić information content (AvgIpc) is 2.74. The molecule has 1 saturated carbocycles. The van der Waals surface area contributed by atoms with Crippen LogP contribution < -0.4 is 11.1 Å². The predicted octanol–water partition coefficient (Wildman–Crippen LogP) is 4.08. The van der Waals surface area contributed by atoms with Crippen LogP contribution in [0.3, 0.4) is 0 Å². The third-order valence-electron chi connectivity index (χ3n) is 5.41. The van der Waals surface area contributed by atoms with Crippen LogP contribution in [0, 0.1) is 11.3 Å². The van der Waals surface area contributed by atoms with Crippen molar-refractivity contribution < 1.29 is 9.59 Å². The van der Waals surface area contributed by atoms with Gasteiger partial charge < -0.3 is 16.0 Å². The number of nitrogens with one attached hydrogen (secondary N) is 1. The lowest BCUT2D eigenvalue weighted by Gasteiger charge is -2.38. The van der Waals surface area contributed by atoms with E-state index in [9.17, 15) is 9.59 Å².